The number of aromatic nitrogens is 3. The van der Waals surface area contributed by atoms with Crippen LogP contribution in [-0.2, 0) is 7.05 Å². The number of anilines is 1. The molecule has 8 heteroatoms. The Bertz CT molecular complexity index is 1350. The second-order valence-electron chi connectivity index (χ2n) is 7.07. The van der Waals surface area contributed by atoms with Crippen molar-refractivity contribution in [3.8, 4) is 5.69 Å². The van der Waals surface area contributed by atoms with E-state index in [2.05, 4.69) is 10.4 Å². The normalized spacial score (nSPS) is 11.1. The number of hydrogen-bond donors (Lipinski definition) is 1. The lowest BCUT2D eigenvalue weighted by atomic mass is 10.1. The minimum atomic E-state index is -0.644. The Hall–Kier alpha value is -3.81. The Labute approximate surface area is 170 Å². The zero-order valence-corrected chi connectivity index (χ0v) is 16.5. The van der Waals surface area contributed by atoms with E-state index in [1.807, 2.05) is 0 Å². The van der Waals surface area contributed by atoms with Gasteiger partial charge in [0.2, 0.25) is 5.43 Å². The average Bonchev–Trinajstić information content (AvgIpc) is 3.06. The number of fused-ring (bicyclic) bond motifs is 1. The summed E-state index contributed by atoms with van der Waals surface area (Å²) in [5.41, 5.74) is 1.62. The van der Waals surface area contributed by atoms with E-state index in [1.165, 1.54) is 29.1 Å². The van der Waals surface area contributed by atoms with Crippen molar-refractivity contribution in [3.63, 3.8) is 0 Å². The van der Waals surface area contributed by atoms with E-state index in [9.17, 15) is 18.4 Å². The van der Waals surface area contributed by atoms with Gasteiger partial charge in [0.05, 0.1) is 16.8 Å². The number of halogens is 2. The molecule has 0 aliphatic heterocycles. The Kier molecular flexibility index (Phi) is 4.69. The molecule has 0 fully saturated rings. The highest BCUT2D eigenvalue weighted by atomic mass is 19.1. The maximum atomic E-state index is 13.8. The van der Waals surface area contributed by atoms with Gasteiger partial charge in [0.1, 0.15) is 22.8 Å². The number of amides is 1. The molecule has 2 aromatic heterocycles. The summed E-state index contributed by atoms with van der Waals surface area (Å²) in [6.45, 7) is 3.28. The van der Waals surface area contributed by atoms with Crippen molar-refractivity contribution in [3.05, 3.63) is 87.3 Å². The van der Waals surface area contributed by atoms with Crippen LogP contribution in [0.1, 0.15) is 21.6 Å². The number of nitrogens with zero attached hydrogens (tertiary/aromatic N) is 3. The van der Waals surface area contributed by atoms with Gasteiger partial charge in [0.25, 0.3) is 5.91 Å². The highest BCUT2D eigenvalue weighted by Gasteiger charge is 2.21. The van der Waals surface area contributed by atoms with Crippen LogP contribution in [0.2, 0.25) is 0 Å². The summed E-state index contributed by atoms with van der Waals surface area (Å²) in [5.74, 6) is -1.48. The summed E-state index contributed by atoms with van der Waals surface area (Å²) < 4.78 is 30.2. The smallest absolute Gasteiger partial charge is 0.261 e. The monoisotopic (exact) mass is 408 g/mol. The number of carbonyl (C=O) groups excluding carboxylic acids is 1. The SMILES string of the molecule is Cc1ccc(NC(=O)c2cn(C)c3c(c(C)nn3-c3ccc(F)cc3)c2=O)cc1F. The fraction of sp³-hybridized carbons (Fsp3) is 0.136. The average molecular weight is 408 g/mol. The highest BCUT2D eigenvalue weighted by Crippen LogP contribution is 2.21. The molecule has 0 radical (unpaired) electrons. The summed E-state index contributed by atoms with van der Waals surface area (Å²) >= 11 is 0. The van der Waals surface area contributed by atoms with Gasteiger partial charge >= 0.3 is 0 Å². The Morgan fingerprint density at radius 1 is 1.07 bits per heavy atom. The number of pyridine rings is 1. The minimum Gasteiger partial charge on any atom is -0.334 e. The van der Waals surface area contributed by atoms with Gasteiger partial charge in [-0.25, -0.2) is 13.5 Å². The highest BCUT2D eigenvalue weighted by molar-refractivity contribution is 6.05. The number of benzene rings is 2. The molecule has 0 bridgehead atoms. The molecule has 1 N–H and O–H groups in total. The predicted molar refractivity (Wildman–Crippen MR) is 110 cm³/mol. The van der Waals surface area contributed by atoms with E-state index in [0.29, 0.717) is 22.6 Å². The van der Waals surface area contributed by atoms with Crippen molar-refractivity contribution in [1.82, 2.24) is 14.3 Å². The maximum Gasteiger partial charge on any atom is 0.261 e. The zero-order valence-electron chi connectivity index (χ0n) is 16.5. The first-order valence-electron chi connectivity index (χ1n) is 9.18. The quantitative estimate of drug-likeness (QED) is 0.560. The standard InChI is InChI=1S/C22H18F2N4O2/c1-12-4-7-15(10-18(12)24)25-21(30)17-11-27(3)22-19(20(17)29)13(2)26-28(22)16-8-5-14(23)6-9-16/h4-11H,1-3H3,(H,25,30). The molecule has 0 atom stereocenters. The van der Waals surface area contributed by atoms with Crippen LogP contribution >= 0.6 is 0 Å². The number of carbonyl (C=O) groups is 1. The second kappa shape index (κ2) is 7.22. The Morgan fingerprint density at radius 3 is 2.43 bits per heavy atom. The lowest BCUT2D eigenvalue weighted by Gasteiger charge is -2.10. The van der Waals surface area contributed by atoms with Gasteiger partial charge in [-0.2, -0.15) is 5.10 Å². The summed E-state index contributed by atoms with van der Waals surface area (Å²) in [5, 5.41) is 7.25. The third-order valence-electron chi connectivity index (χ3n) is 4.91. The van der Waals surface area contributed by atoms with Crippen LogP contribution in [-0.4, -0.2) is 20.3 Å². The summed E-state index contributed by atoms with van der Waals surface area (Å²) in [6, 6.07) is 10.0. The summed E-state index contributed by atoms with van der Waals surface area (Å²) in [6.07, 6.45) is 1.41. The molecule has 0 saturated heterocycles. The van der Waals surface area contributed by atoms with Crippen LogP contribution in [0.5, 0.6) is 0 Å². The Morgan fingerprint density at radius 2 is 1.77 bits per heavy atom. The van der Waals surface area contributed by atoms with Crippen LogP contribution in [0.4, 0.5) is 14.5 Å². The van der Waals surface area contributed by atoms with Gasteiger partial charge in [-0.15, -0.1) is 0 Å². The molecule has 4 rings (SSSR count). The van der Waals surface area contributed by atoms with Crippen molar-refractivity contribution in [2.24, 2.45) is 7.05 Å². The van der Waals surface area contributed by atoms with Crippen molar-refractivity contribution < 1.29 is 13.6 Å². The third-order valence-corrected chi connectivity index (χ3v) is 4.91. The first-order chi connectivity index (χ1) is 14.3. The van der Waals surface area contributed by atoms with E-state index >= 15 is 0 Å². The first kappa shape index (κ1) is 19.5. The van der Waals surface area contributed by atoms with Crippen molar-refractivity contribution in [1.29, 1.82) is 0 Å². The molecular formula is C22H18F2N4O2. The fourth-order valence-electron chi connectivity index (χ4n) is 3.35. The second-order valence-corrected chi connectivity index (χ2v) is 7.07. The van der Waals surface area contributed by atoms with Gasteiger partial charge < -0.3 is 9.88 Å². The number of hydrogen-bond acceptors (Lipinski definition) is 3. The summed E-state index contributed by atoms with van der Waals surface area (Å²) in [4.78, 5) is 25.8. The molecule has 0 aliphatic carbocycles. The van der Waals surface area contributed by atoms with Gasteiger partial charge in [0, 0.05) is 18.9 Å². The molecule has 2 heterocycles. The number of aryl methyl sites for hydroxylation is 3. The lowest BCUT2D eigenvalue weighted by molar-refractivity contribution is 0.102. The van der Waals surface area contributed by atoms with E-state index < -0.39 is 17.2 Å². The minimum absolute atomic E-state index is 0.0901. The number of rotatable bonds is 3. The molecule has 30 heavy (non-hydrogen) atoms. The van der Waals surface area contributed by atoms with Crippen LogP contribution in [0.25, 0.3) is 16.7 Å². The van der Waals surface area contributed by atoms with E-state index in [1.54, 1.807) is 49.7 Å². The number of nitrogens with one attached hydrogen (secondary N) is 1. The molecule has 0 aliphatic rings. The maximum absolute atomic E-state index is 13.8. The molecular weight excluding hydrogens is 390 g/mol. The molecule has 4 aromatic rings. The topological polar surface area (TPSA) is 68.9 Å². The predicted octanol–water partition coefficient (Wildman–Crippen LogP) is 3.87. The zero-order chi connectivity index (χ0) is 21.6. The largest absolute Gasteiger partial charge is 0.334 e. The van der Waals surface area contributed by atoms with Crippen LogP contribution in [0.15, 0.2) is 53.5 Å². The van der Waals surface area contributed by atoms with Gasteiger partial charge in [-0.3, -0.25) is 9.59 Å². The molecule has 0 unspecified atom stereocenters. The molecule has 1 amide bonds. The van der Waals surface area contributed by atoms with Crippen molar-refractivity contribution in [2.45, 2.75) is 13.8 Å². The van der Waals surface area contributed by atoms with Crippen LogP contribution in [0, 0.1) is 25.5 Å². The molecule has 2 aromatic carbocycles. The van der Waals surface area contributed by atoms with E-state index in [0.717, 1.165) is 0 Å². The van der Waals surface area contributed by atoms with Crippen molar-refractivity contribution >= 4 is 22.6 Å². The van der Waals surface area contributed by atoms with Crippen LogP contribution in [0.3, 0.4) is 0 Å². The van der Waals surface area contributed by atoms with Gasteiger partial charge in [-0.1, -0.05) is 6.07 Å². The van der Waals surface area contributed by atoms with Gasteiger partial charge in [-0.05, 0) is 55.8 Å². The van der Waals surface area contributed by atoms with E-state index in [4.69, 9.17) is 0 Å². The first-order valence-corrected chi connectivity index (χ1v) is 9.18. The van der Waals surface area contributed by atoms with E-state index in [-0.39, 0.29) is 22.5 Å². The Balaban J connectivity index is 1.81. The van der Waals surface area contributed by atoms with Crippen LogP contribution < -0.4 is 10.7 Å². The molecule has 6 nitrogen and oxygen atoms in total. The molecule has 152 valence electrons. The molecule has 0 spiro atoms. The summed E-state index contributed by atoms with van der Waals surface area (Å²) in [7, 11) is 1.69. The molecule has 0 saturated carbocycles. The van der Waals surface area contributed by atoms with Gasteiger partial charge in [0.15, 0.2) is 0 Å². The lowest BCUT2D eigenvalue weighted by Crippen LogP contribution is -2.24. The third kappa shape index (κ3) is 3.26. The fourth-order valence-corrected chi connectivity index (χ4v) is 3.35. The van der Waals surface area contributed by atoms with Crippen molar-refractivity contribution in [2.75, 3.05) is 5.32 Å².